The molecule has 17 aromatic rings. The van der Waals surface area contributed by atoms with E-state index in [0.29, 0.717) is 5.82 Å². The minimum absolute atomic E-state index is 0.679. The molecule has 0 amide bonds. The second kappa shape index (κ2) is 27.3. The molecule has 0 radical (unpaired) electrons. The van der Waals surface area contributed by atoms with Crippen LogP contribution in [0.15, 0.2) is 340 Å². The summed E-state index contributed by atoms with van der Waals surface area (Å²) in [6, 6.07) is 114. The fraction of sp³-hybridized carbons (Fsp3) is 0.0769. The second-order valence-electron chi connectivity index (χ2n) is 29.7. The molecule has 4 aliphatic carbocycles. The molecule has 0 aliphatic heterocycles. The van der Waals surface area contributed by atoms with Gasteiger partial charge in [0.25, 0.3) is 0 Å². The van der Waals surface area contributed by atoms with Gasteiger partial charge in [0, 0.05) is 65.0 Å². The van der Waals surface area contributed by atoms with Crippen LogP contribution >= 0.6 is 0 Å². The summed E-state index contributed by atoms with van der Waals surface area (Å²) in [6.45, 7) is 0. The number of rotatable bonds is 12. The smallest absolute Gasteiger partial charge is 0.159 e. The Morgan fingerprint density at radius 1 is 0.145 bits per heavy atom. The van der Waals surface area contributed by atoms with Gasteiger partial charge in [-0.05, 0) is 285 Å². The molecule has 0 N–H and O–H groups in total. The third-order valence-corrected chi connectivity index (χ3v) is 23.4. The summed E-state index contributed by atoms with van der Waals surface area (Å²) in [5.74, 6) is 0.679. The SMILES string of the molecule is c1cnc(-c2ccc(-c3c(-c4cc(-c5ccccc5-c5ccc6c(c5)CCc5cccnc5-6)cc(-c5ccccc5-c5ccc6c(c5)CCc5cccnc5-6)c4)cccc3-c3cc(-c4ccccc4-c4ccc5c(c4)CCc4cccnc4-5)cc(-c4ccccc4-c4ccc5c(c4)CCc4cccnc4-5)c3)cc2)nc1. The van der Waals surface area contributed by atoms with Crippen molar-refractivity contribution in [1.29, 1.82) is 0 Å². The Kier molecular flexibility index (Phi) is 16.0. The first kappa shape index (κ1) is 64.7. The maximum atomic E-state index is 4.93. The molecule has 518 valence electrons. The van der Waals surface area contributed by atoms with Gasteiger partial charge < -0.3 is 0 Å². The summed E-state index contributed by atoms with van der Waals surface area (Å²) in [6.07, 6.45) is 19.0. The molecule has 0 unspecified atom stereocenters. The second-order valence-corrected chi connectivity index (χ2v) is 29.7. The Bertz CT molecular complexity index is 5870. The van der Waals surface area contributed by atoms with Crippen molar-refractivity contribution in [2.45, 2.75) is 51.4 Å². The van der Waals surface area contributed by atoms with Crippen LogP contribution in [0.3, 0.4) is 0 Å². The van der Waals surface area contributed by atoms with Crippen LogP contribution in [-0.4, -0.2) is 29.9 Å². The lowest BCUT2D eigenvalue weighted by atomic mass is 9.81. The maximum absolute atomic E-state index is 4.93. The summed E-state index contributed by atoms with van der Waals surface area (Å²) in [7, 11) is 0. The van der Waals surface area contributed by atoms with Gasteiger partial charge in [-0.15, -0.1) is 0 Å². The predicted octanol–water partition coefficient (Wildman–Crippen LogP) is 25.1. The number of benzene rings is 12. The van der Waals surface area contributed by atoms with Gasteiger partial charge in [-0.2, -0.15) is 0 Å². The number of pyridine rings is 4. The lowest BCUT2D eigenvalue weighted by Crippen LogP contribution is -2.05. The van der Waals surface area contributed by atoms with Crippen molar-refractivity contribution >= 4 is 0 Å². The first-order chi connectivity index (χ1) is 54.5. The van der Waals surface area contributed by atoms with Crippen LogP contribution < -0.4 is 0 Å². The lowest BCUT2D eigenvalue weighted by Gasteiger charge is -2.22. The van der Waals surface area contributed by atoms with Crippen molar-refractivity contribution in [3.05, 3.63) is 385 Å². The third kappa shape index (κ3) is 11.6. The Morgan fingerprint density at radius 2 is 0.382 bits per heavy atom. The first-order valence-electron chi connectivity index (χ1n) is 38.5. The molecular formula is C104H72N6. The van der Waals surface area contributed by atoms with E-state index in [1.54, 1.807) is 0 Å². The van der Waals surface area contributed by atoms with E-state index >= 15 is 0 Å². The van der Waals surface area contributed by atoms with E-state index in [4.69, 9.17) is 29.9 Å². The summed E-state index contributed by atoms with van der Waals surface area (Å²) in [5, 5.41) is 0. The van der Waals surface area contributed by atoms with Gasteiger partial charge in [0.1, 0.15) is 0 Å². The Labute approximate surface area is 641 Å². The number of nitrogens with zero attached hydrogens (tertiary/aromatic N) is 6. The van der Waals surface area contributed by atoms with Crippen molar-refractivity contribution in [2.24, 2.45) is 0 Å². The molecule has 6 heteroatoms. The molecule has 6 nitrogen and oxygen atoms in total. The molecule has 4 aliphatic rings. The molecule has 0 fully saturated rings. The van der Waals surface area contributed by atoms with Gasteiger partial charge in [-0.25, -0.2) is 9.97 Å². The Hall–Kier alpha value is -13.7. The van der Waals surface area contributed by atoms with Crippen molar-refractivity contribution in [1.82, 2.24) is 29.9 Å². The van der Waals surface area contributed by atoms with Gasteiger partial charge >= 0.3 is 0 Å². The van der Waals surface area contributed by atoms with Crippen LogP contribution in [0.2, 0.25) is 0 Å². The standard InChI is InChI=1S/C104H72N6/c1-5-23-89(85(19-1)71-41-45-95-75(55-71)37-31-66-15-10-49-105-100(66)95)79-59-80(90-24-6-2-20-86(90)72-42-46-96-76(56-72)38-32-67-16-11-50-106-101(67)96)62-83(61-79)93-27-9-28-94(99(93)65-29-35-70(36-30-65)104-109-53-14-54-110-104)84-63-81(91-25-7-3-21-87(91)73-43-47-97-77(57-73)39-33-68-17-12-51-107-102(68)97)60-82(64-84)92-26-8-4-22-88(92)74-44-48-98-78(58-74)40-34-69-18-13-52-108-103(69)98/h1-30,35-36,41-64H,31-34,37-40H2. The molecule has 0 atom stereocenters. The van der Waals surface area contributed by atoms with Gasteiger partial charge in [0.05, 0.1) is 22.8 Å². The topological polar surface area (TPSA) is 77.3 Å². The van der Waals surface area contributed by atoms with E-state index < -0.39 is 0 Å². The molecule has 0 spiro atoms. The highest BCUT2D eigenvalue weighted by atomic mass is 14.8. The highest BCUT2D eigenvalue weighted by molar-refractivity contribution is 6.02. The van der Waals surface area contributed by atoms with Crippen molar-refractivity contribution in [3.63, 3.8) is 0 Å². The minimum atomic E-state index is 0.679. The number of fused-ring (bicyclic) bond motifs is 12. The Balaban J connectivity index is 0.790. The van der Waals surface area contributed by atoms with E-state index in [1.807, 2.05) is 43.2 Å². The third-order valence-electron chi connectivity index (χ3n) is 23.4. The highest BCUT2D eigenvalue weighted by Gasteiger charge is 2.27. The lowest BCUT2D eigenvalue weighted by molar-refractivity contribution is 0.928. The summed E-state index contributed by atoms with van der Waals surface area (Å²) < 4.78 is 0. The molecule has 21 rings (SSSR count). The summed E-state index contributed by atoms with van der Waals surface area (Å²) >= 11 is 0. The average molecular weight is 1410 g/mol. The monoisotopic (exact) mass is 1400 g/mol. The van der Waals surface area contributed by atoms with Gasteiger partial charge in [0.15, 0.2) is 5.82 Å². The van der Waals surface area contributed by atoms with Crippen molar-refractivity contribution in [2.75, 3.05) is 0 Å². The van der Waals surface area contributed by atoms with E-state index in [9.17, 15) is 0 Å². The number of hydrogen-bond acceptors (Lipinski definition) is 6. The first-order valence-corrected chi connectivity index (χ1v) is 38.5. The van der Waals surface area contributed by atoms with Crippen LogP contribution in [0, 0.1) is 0 Å². The summed E-state index contributed by atoms with van der Waals surface area (Å²) in [5.41, 5.74) is 45.9. The molecule has 0 bridgehead atoms. The van der Waals surface area contributed by atoms with Crippen LogP contribution in [0.25, 0.3) is 179 Å². The Morgan fingerprint density at radius 3 is 0.682 bits per heavy atom. The van der Waals surface area contributed by atoms with Crippen LogP contribution in [0.5, 0.6) is 0 Å². The fourth-order valence-electron chi connectivity index (χ4n) is 18.1. The number of aromatic nitrogens is 6. The van der Waals surface area contributed by atoms with E-state index in [2.05, 4.69) is 297 Å². The number of hydrogen-bond donors (Lipinski definition) is 0. The highest BCUT2D eigenvalue weighted by Crippen LogP contribution is 2.50. The number of aryl methyl sites for hydroxylation is 8. The quantitative estimate of drug-likeness (QED) is 0.121. The average Bonchev–Trinajstić information content (AvgIpc) is 0.754. The molecular weight excluding hydrogens is 1330 g/mol. The molecule has 5 heterocycles. The van der Waals surface area contributed by atoms with E-state index in [1.165, 1.54) is 111 Å². The van der Waals surface area contributed by atoms with E-state index in [0.717, 1.165) is 158 Å². The van der Waals surface area contributed by atoms with Crippen LogP contribution in [0.1, 0.15) is 44.5 Å². The van der Waals surface area contributed by atoms with Gasteiger partial charge in [0.2, 0.25) is 0 Å². The maximum Gasteiger partial charge on any atom is 0.159 e. The normalized spacial score (nSPS) is 12.8. The largest absolute Gasteiger partial charge is 0.256 e. The summed E-state index contributed by atoms with van der Waals surface area (Å²) in [4.78, 5) is 29.2. The van der Waals surface area contributed by atoms with Crippen LogP contribution in [-0.2, 0) is 51.4 Å². The molecule has 0 saturated heterocycles. The van der Waals surface area contributed by atoms with Crippen molar-refractivity contribution in [3.8, 4) is 179 Å². The van der Waals surface area contributed by atoms with Gasteiger partial charge in [-0.1, -0.05) is 237 Å². The molecule has 5 aromatic heterocycles. The fourth-order valence-corrected chi connectivity index (χ4v) is 18.1. The minimum Gasteiger partial charge on any atom is -0.256 e. The van der Waals surface area contributed by atoms with Gasteiger partial charge in [-0.3, -0.25) is 19.9 Å². The zero-order chi connectivity index (χ0) is 72.6. The van der Waals surface area contributed by atoms with Crippen LogP contribution in [0.4, 0.5) is 0 Å². The molecule has 110 heavy (non-hydrogen) atoms. The van der Waals surface area contributed by atoms with E-state index in [-0.39, 0.29) is 0 Å². The zero-order valence-corrected chi connectivity index (χ0v) is 60.7. The predicted molar refractivity (Wildman–Crippen MR) is 450 cm³/mol. The molecule has 0 saturated carbocycles. The van der Waals surface area contributed by atoms with Crippen molar-refractivity contribution < 1.29 is 0 Å². The zero-order valence-electron chi connectivity index (χ0n) is 60.7. The molecule has 12 aromatic carbocycles.